The van der Waals surface area contributed by atoms with Crippen molar-refractivity contribution in [2.45, 2.75) is 0 Å². The third kappa shape index (κ3) is 5.06. The van der Waals surface area contributed by atoms with E-state index in [1.807, 2.05) is 54.7 Å². The second-order valence-corrected chi connectivity index (χ2v) is 11.2. The fraction of sp³-hybridized carbons (Fsp3) is 0. The van der Waals surface area contributed by atoms with E-state index in [0.29, 0.717) is 11.4 Å². The van der Waals surface area contributed by atoms with Gasteiger partial charge in [0.2, 0.25) is 0 Å². The van der Waals surface area contributed by atoms with Gasteiger partial charge in [-0.3, -0.25) is 4.98 Å². The van der Waals surface area contributed by atoms with Crippen LogP contribution in [0.1, 0.15) is 5.56 Å². The highest BCUT2D eigenvalue weighted by atomic mass is 14.9. The highest BCUT2D eigenvalue weighted by Gasteiger charge is 2.15. The number of hydrogen-bond donors (Lipinski definition) is 0. The standard InChI is InChI=1S/C42H26N4/c43-26-28-12-14-29(15-13-28)36-20-21-39(38-11-5-4-10-37(36)38)41-25-40(45-42(46-41)30-7-2-1-3-8-30)34-19-18-31-23-33(17-16-32(31)24-34)35-9-6-22-44-27-35/h1-25,27H. The van der Waals surface area contributed by atoms with Gasteiger partial charge < -0.3 is 0 Å². The van der Waals surface area contributed by atoms with Crippen molar-refractivity contribution in [1.29, 1.82) is 5.26 Å². The van der Waals surface area contributed by atoms with Crippen LogP contribution in [0.15, 0.2) is 158 Å². The minimum Gasteiger partial charge on any atom is -0.264 e. The van der Waals surface area contributed by atoms with Crippen LogP contribution >= 0.6 is 0 Å². The maximum absolute atomic E-state index is 9.28. The predicted molar refractivity (Wildman–Crippen MR) is 187 cm³/mol. The van der Waals surface area contributed by atoms with E-state index in [1.165, 1.54) is 0 Å². The molecule has 0 atom stereocenters. The molecule has 4 nitrogen and oxygen atoms in total. The lowest BCUT2D eigenvalue weighted by molar-refractivity contribution is 1.19. The van der Waals surface area contributed by atoms with E-state index in [9.17, 15) is 5.26 Å². The summed E-state index contributed by atoms with van der Waals surface area (Å²) in [6.07, 6.45) is 3.69. The number of pyridine rings is 1. The average Bonchev–Trinajstić information content (AvgIpc) is 3.14. The third-order valence-corrected chi connectivity index (χ3v) is 8.41. The Hall–Kier alpha value is -6.44. The zero-order valence-electron chi connectivity index (χ0n) is 24.8. The van der Waals surface area contributed by atoms with Gasteiger partial charge in [0.05, 0.1) is 23.0 Å². The van der Waals surface area contributed by atoms with Crippen LogP contribution < -0.4 is 0 Å². The number of fused-ring (bicyclic) bond motifs is 2. The van der Waals surface area contributed by atoms with Crippen molar-refractivity contribution < 1.29 is 0 Å². The van der Waals surface area contributed by atoms with Gasteiger partial charge in [0.25, 0.3) is 0 Å². The molecular formula is C42H26N4. The molecule has 0 saturated heterocycles. The molecule has 0 aliphatic rings. The SMILES string of the molecule is N#Cc1ccc(-c2ccc(-c3cc(-c4ccc5cc(-c6cccnc6)ccc5c4)nc(-c4ccccc4)n3)c3ccccc23)cc1. The van der Waals surface area contributed by atoms with Crippen molar-refractivity contribution in [2.75, 3.05) is 0 Å². The molecule has 0 bridgehead atoms. The summed E-state index contributed by atoms with van der Waals surface area (Å²) in [5, 5.41) is 13.8. The molecule has 0 saturated carbocycles. The van der Waals surface area contributed by atoms with Crippen molar-refractivity contribution in [3.8, 4) is 62.2 Å². The zero-order valence-corrected chi connectivity index (χ0v) is 24.8. The van der Waals surface area contributed by atoms with Crippen LogP contribution in [0.5, 0.6) is 0 Å². The minimum absolute atomic E-state index is 0.647. The number of aromatic nitrogens is 3. The van der Waals surface area contributed by atoms with E-state index < -0.39 is 0 Å². The Morgan fingerprint density at radius 1 is 0.457 bits per heavy atom. The number of rotatable bonds is 5. The quantitative estimate of drug-likeness (QED) is 0.201. The summed E-state index contributed by atoms with van der Waals surface area (Å²) >= 11 is 0. The van der Waals surface area contributed by atoms with E-state index in [1.54, 1.807) is 6.20 Å². The Morgan fingerprint density at radius 2 is 1.09 bits per heavy atom. The summed E-state index contributed by atoms with van der Waals surface area (Å²) in [5.74, 6) is 0.681. The molecule has 0 unspecified atom stereocenters. The fourth-order valence-corrected chi connectivity index (χ4v) is 6.07. The van der Waals surface area contributed by atoms with Crippen LogP contribution in [0.3, 0.4) is 0 Å². The summed E-state index contributed by atoms with van der Waals surface area (Å²) in [7, 11) is 0. The molecule has 2 heterocycles. The Morgan fingerprint density at radius 3 is 1.83 bits per heavy atom. The number of nitrogens with zero attached hydrogens (tertiary/aromatic N) is 4. The van der Waals surface area contributed by atoms with E-state index in [-0.39, 0.29) is 0 Å². The van der Waals surface area contributed by atoms with Crippen LogP contribution in [0.25, 0.3) is 77.7 Å². The van der Waals surface area contributed by atoms with Crippen molar-refractivity contribution >= 4 is 21.5 Å². The molecule has 0 aliphatic heterocycles. The molecule has 6 aromatic carbocycles. The largest absolute Gasteiger partial charge is 0.264 e. The Kier molecular flexibility index (Phi) is 6.83. The highest BCUT2D eigenvalue weighted by molar-refractivity contribution is 6.05. The molecule has 0 aliphatic carbocycles. The second-order valence-electron chi connectivity index (χ2n) is 11.2. The summed E-state index contributed by atoms with van der Waals surface area (Å²) in [6, 6.07) is 52.0. The van der Waals surface area contributed by atoms with Gasteiger partial charge in [-0.15, -0.1) is 0 Å². The monoisotopic (exact) mass is 586 g/mol. The lowest BCUT2D eigenvalue weighted by atomic mass is 9.93. The van der Waals surface area contributed by atoms with Gasteiger partial charge in [0, 0.05) is 34.6 Å². The molecule has 8 aromatic rings. The van der Waals surface area contributed by atoms with Gasteiger partial charge >= 0.3 is 0 Å². The van der Waals surface area contributed by atoms with Crippen LogP contribution in [0.4, 0.5) is 0 Å². The molecule has 0 amide bonds. The molecule has 0 fully saturated rings. The van der Waals surface area contributed by atoms with E-state index >= 15 is 0 Å². The molecule has 8 rings (SSSR count). The number of nitriles is 1. The molecule has 214 valence electrons. The smallest absolute Gasteiger partial charge is 0.160 e. The fourth-order valence-electron chi connectivity index (χ4n) is 6.07. The molecule has 0 radical (unpaired) electrons. The van der Waals surface area contributed by atoms with Gasteiger partial charge in [-0.2, -0.15) is 5.26 Å². The van der Waals surface area contributed by atoms with Crippen molar-refractivity contribution in [1.82, 2.24) is 15.0 Å². The lowest BCUT2D eigenvalue weighted by Crippen LogP contribution is -1.97. The lowest BCUT2D eigenvalue weighted by Gasteiger charge is -2.14. The first-order chi connectivity index (χ1) is 22.7. The Bertz CT molecular complexity index is 2410. The van der Waals surface area contributed by atoms with Crippen molar-refractivity contribution in [3.63, 3.8) is 0 Å². The van der Waals surface area contributed by atoms with E-state index in [2.05, 4.69) is 108 Å². The van der Waals surface area contributed by atoms with Crippen LogP contribution in [0.2, 0.25) is 0 Å². The van der Waals surface area contributed by atoms with Gasteiger partial charge in [-0.05, 0) is 74.6 Å². The van der Waals surface area contributed by atoms with Gasteiger partial charge in [-0.1, -0.05) is 109 Å². The van der Waals surface area contributed by atoms with Gasteiger partial charge in [-0.25, -0.2) is 9.97 Å². The number of hydrogen-bond acceptors (Lipinski definition) is 4. The van der Waals surface area contributed by atoms with Gasteiger partial charge in [0.15, 0.2) is 5.82 Å². The van der Waals surface area contributed by atoms with Crippen LogP contribution in [-0.4, -0.2) is 15.0 Å². The summed E-state index contributed by atoms with van der Waals surface area (Å²) in [4.78, 5) is 14.5. The molecule has 0 N–H and O–H groups in total. The maximum atomic E-state index is 9.28. The highest BCUT2D eigenvalue weighted by Crippen LogP contribution is 2.37. The van der Waals surface area contributed by atoms with Gasteiger partial charge in [0.1, 0.15) is 0 Å². The summed E-state index contributed by atoms with van der Waals surface area (Å²) < 4.78 is 0. The van der Waals surface area contributed by atoms with E-state index in [0.717, 1.165) is 71.9 Å². The molecule has 0 spiro atoms. The van der Waals surface area contributed by atoms with Crippen molar-refractivity contribution in [2.24, 2.45) is 0 Å². The van der Waals surface area contributed by atoms with Crippen molar-refractivity contribution in [3.05, 3.63) is 164 Å². The topological polar surface area (TPSA) is 62.5 Å². The first-order valence-corrected chi connectivity index (χ1v) is 15.2. The normalized spacial score (nSPS) is 11.0. The Labute approximate surface area is 266 Å². The molecule has 2 aromatic heterocycles. The number of benzene rings is 6. The predicted octanol–water partition coefficient (Wildman–Crippen LogP) is 10.4. The van der Waals surface area contributed by atoms with E-state index in [4.69, 9.17) is 9.97 Å². The first-order valence-electron chi connectivity index (χ1n) is 15.2. The first kappa shape index (κ1) is 27.1. The summed E-state index contributed by atoms with van der Waals surface area (Å²) in [6.45, 7) is 0. The Balaban J connectivity index is 1.28. The minimum atomic E-state index is 0.647. The zero-order chi connectivity index (χ0) is 30.9. The molecule has 4 heteroatoms. The summed E-state index contributed by atoms with van der Waals surface area (Å²) in [5.41, 5.74) is 9.82. The molecule has 46 heavy (non-hydrogen) atoms. The second kappa shape index (κ2) is 11.6. The van der Waals surface area contributed by atoms with Crippen LogP contribution in [0, 0.1) is 11.3 Å². The molecular weight excluding hydrogens is 560 g/mol. The average molecular weight is 587 g/mol. The van der Waals surface area contributed by atoms with Crippen LogP contribution in [-0.2, 0) is 0 Å². The third-order valence-electron chi connectivity index (χ3n) is 8.41. The maximum Gasteiger partial charge on any atom is 0.160 e.